The van der Waals surface area contributed by atoms with Crippen molar-refractivity contribution in [3.05, 3.63) is 0 Å². The van der Waals surface area contributed by atoms with Gasteiger partial charge >= 0.3 is 0 Å². The topological polar surface area (TPSA) is 15.3 Å². The lowest BCUT2D eigenvalue weighted by atomic mass is 9.83. The van der Waals surface area contributed by atoms with Crippen molar-refractivity contribution in [2.75, 3.05) is 20.1 Å². The molecule has 0 heterocycles. The second-order valence-electron chi connectivity index (χ2n) is 8.16. The van der Waals surface area contributed by atoms with Crippen molar-refractivity contribution in [3.63, 3.8) is 0 Å². The van der Waals surface area contributed by atoms with Crippen LogP contribution < -0.4 is 5.32 Å². The summed E-state index contributed by atoms with van der Waals surface area (Å²) in [5.74, 6) is 0.964. The molecule has 19 heavy (non-hydrogen) atoms. The van der Waals surface area contributed by atoms with E-state index < -0.39 is 0 Å². The van der Waals surface area contributed by atoms with E-state index >= 15 is 0 Å². The van der Waals surface area contributed by atoms with Crippen molar-refractivity contribution in [1.29, 1.82) is 0 Å². The van der Waals surface area contributed by atoms with Gasteiger partial charge in [0.15, 0.2) is 0 Å². The summed E-state index contributed by atoms with van der Waals surface area (Å²) >= 11 is 0. The predicted molar refractivity (Wildman–Crippen MR) is 85.6 cm³/mol. The Hall–Kier alpha value is -0.0800. The molecule has 2 nitrogen and oxygen atoms in total. The summed E-state index contributed by atoms with van der Waals surface area (Å²) in [7, 11) is 2.31. The molecular formula is C17H36N2. The highest BCUT2D eigenvalue weighted by Gasteiger charge is 2.34. The summed E-state index contributed by atoms with van der Waals surface area (Å²) < 4.78 is 0. The van der Waals surface area contributed by atoms with E-state index in [0.29, 0.717) is 5.41 Å². The predicted octanol–water partition coefficient (Wildman–Crippen LogP) is 3.91. The molecule has 2 atom stereocenters. The summed E-state index contributed by atoms with van der Waals surface area (Å²) in [4.78, 5) is 2.59. The van der Waals surface area contributed by atoms with Crippen molar-refractivity contribution in [3.8, 4) is 0 Å². The molecule has 0 amide bonds. The highest BCUT2D eigenvalue weighted by molar-refractivity contribution is 4.89. The molecule has 0 aromatic heterocycles. The Bertz CT molecular complexity index is 265. The summed E-state index contributed by atoms with van der Waals surface area (Å²) in [6, 6.07) is 0.755. The molecule has 2 heteroatoms. The van der Waals surface area contributed by atoms with Crippen LogP contribution in [0.5, 0.6) is 0 Å². The summed E-state index contributed by atoms with van der Waals surface area (Å²) in [6.07, 6.45) is 5.46. The molecule has 1 fully saturated rings. The van der Waals surface area contributed by atoms with Gasteiger partial charge in [-0.25, -0.2) is 0 Å². The molecule has 0 bridgehead atoms. The molecule has 1 aliphatic rings. The van der Waals surface area contributed by atoms with Crippen molar-refractivity contribution < 1.29 is 0 Å². The van der Waals surface area contributed by atoms with Crippen LogP contribution >= 0.6 is 0 Å². The smallest absolute Gasteiger partial charge is 0.00967 e. The second-order valence-corrected chi connectivity index (χ2v) is 8.16. The van der Waals surface area contributed by atoms with E-state index in [4.69, 9.17) is 0 Å². The Morgan fingerprint density at radius 3 is 2.21 bits per heavy atom. The van der Waals surface area contributed by atoms with Crippen molar-refractivity contribution in [2.24, 2.45) is 11.3 Å². The molecule has 0 aromatic carbocycles. The van der Waals surface area contributed by atoms with Gasteiger partial charge in [-0.15, -0.1) is 0 Å². The maximum absolute atomic E-state index is 3.71. The summed E-state index contributed by atoms with van der Waals surface area (Å²) in [5, 5.41) is 3.71. The number of nitrogens with zero attached hydrogens (tertiary/aromatic N) is 1. The Morgan fingerprint density at radius 1 is 1.21 bits per heavy atom. The number of hydrogen-bond acceptors (Lipinski definition) is 2. The summed E-state index contributed by atoms with van der Waals surface area (Å²) in [5.41, 5.74) is 0.607. The Labute approximate surface area is 121 Å². The average molecular weight is 268 g/mol. The first kappa shape index (κ1) is 17.0. The normalized spacial score (nSPS) is 21.5. The van der Waals surface area contributed by atoms with Gasteiger partial charge in [0, 0.05) is 24.7 Å². The van der Waals surface area contributed by atoms with E-state index in [2.05, 4.69) is 58.8 Å². The van der Waals surface area contributed by atoms with Gasteiger partial charge in [-0.2, -0.15) is 0 Å². The van der Waals surface area contributed by atoms with Gasteiger partial charge in [0.05, 0.1) is 0 Å². The molecule has 0 radical (unpaired) electrons. The third-order valence-electron chi connectivity index (χ3n) is 4.53. The average Bonchev–Trinajstić information content (AvgIpc) is 3.08. The molecule has 1 aliphatic carbocycles. The molecule has 0 aliphatic heterocycles. The third kappa shape index (κ3) is 6.27. The number of rotatable bonds is 8. The van der Waals surface area contributed by atoms with Crippen LogP contribution in [0.1, 0.15) is 67.2 Å². The van der Waals surface area contributed by atoms with E-state index in [1.165, 1.54) is 32.2 Å². The molecular weight excluding hydrogens is 232 g/mol. The minimum absolute atomic E-state index is 0.218. The summed E-state index contributed by atoms with van der Waals surface area (Å²) in [6.45, 7) is 16.3. The van der Waals surface area contributed by atoms with Crippen LogP contribution in [-0.4, -0.2) is 36.6 Å². The van der Waals surface area contributed by atoms with Crippen LogP contribution in [0, 0.1) is 11.3 Å². The molecule has 0 saturated heterocycles. The third-order valence-corrected chi connectivity index (χ3v) is 4.53. The fourth-order valence-corrected chi connectivity index (χ4v) is 2.99. The first-order chi connectivity index (χ1) is 8.67. The van der Waals surface area contributed by atoms with E-state index in [-0.39, 0.29) is 5.54 Å². The SMILES string of the molecule is CCCC(C)(CNC(C)(C)C)CN(C)C(C)C1CC1. The van der Waals surface area contributed by atoms with Crippen LogP contribution in [0.15, 0.2) is 0 Å². The van der Waals surface area contributed by atoms with Gasteiger partial charge in [-0.05, 0) is 65.3 Å². The highest BCUT2D eigenvalue weighted by atomic mass is 15.1. The molecule has 1 rings (SSSR count). The van der Waals surface area contributed by atoms with Crippen LogP contribution in [0.4, 0.5) is 0 Å². The van der Waals surface area contributed by atoms with Crippen molar-refractivity contribution in [1.82, 2.24) is 10.2 Å². The minimum atomic E-state index is 0.218. The van der Waals surface area contributed by atoms with Gasteiger partial charge in [0.2, 0.25) is 0 Å². The maximum Gasteiger partial charge on any atom is 0.00967 e. The van der Waals surface area contributed by atoms with Crippen LogP contribution in [-0.2, 0) is 0 Å². The fourth-order valence-electron chi connectivity index (χ4n) is 2.99. The maximum atomic E-state index is 3.71. The van der Waals surface area contributed by atoms with Crippen LogP contribution in [0.2, 0.25) is 0 Å². The van der Waals surface area contributed by atoms with Crippen LogP contribution in [0.3, 0.4) is 0 Å². The van der Waals surface area contributed by atoms with Gasteiger partial charge in [0.25, 0.3) is 0 Å². The zero-order valence-electron chi connectivity index (χ0n) is 14.3. The first-order valence-electron chi connectivity index (χ1n) is 8.12. The lowest BCUT2D eigenvalue weighted by Gasteiger charge is -2.38. The van der Waals surface area contributed by atoms with E-state index in [9.17, 15) is 0 Å². The fraction of sp³-hybridized carbons (Fsp3) is 1.00. The lowest BCUT2D eigenvalue weighted by Crippen LogP contribution is -2.48. The van der Waals surface area contributed by atoms with Crippen molar-refractivity contribution >= 4 is 0 Å². The minimum Gasteiger partial charge on any atom is -0.311 e. The zero-order valence-corrected chi connectivity index (χ0v) is 14.3. The largest absolute Gasteiger partial charge is 0.311 e. The standard InChI is InChI=1S/C17H36N2/c1-8-11-17(6,12-18-16(3,4)5)13-19(7)14(2)15-9-10-15/h14-15,18H,8-13H2,1-7H3. The van der Waals surface area contributed by atoms with Gasteiger partial charge < -0.3 is 10.2 Å². The lowest BCUT2D eigenvalue weighted by molar-refractivity contribution is 0.125. The Balaban J connectivity index is 2.53. The van der Waals surface area contributed by atoms with Gasteiger partial charge in [-0.1, -0.05) is 20.3 Å². The number of hydrogen-bond donors (Lipinski definition) is 1. The highest BCUT2D eigenvalue weighted by Crippen LogP contribution is 2.36. The Kier molecular flexibility index (Phi) is 5.88. The monoisotopic (exact) mass is 268 g/mol. The first-order valence-corrected chi connectivity index (χ1v) is 8.12. The quantitative estimate of drug-likeness (QED) is 0.718. The van der Waals surface area contributed by atoms with Gasteiger partial charge in [-0.3, -0.25) is 0 Å². The number of nitrogens with one attached hydrogen (secondary N) is 1. The van der Waals surface area contributed by atoms with E-state index in [1.54, 1.807) is 0 Å². The molecule has 114 valence electrons. The molecule has 2 unspecified atom stereocenters. The van der Waals surface area contributed by atoms with Gasteiger partial charge in [0.1, 0.15) is 0 Å². The van der Waals surface area contributed by atoms with E-state index in [1.807, 2.05) is 0 Å². The zero-order chi connectivity index (χ0) is 14.7. The molecule has 1 saturated carbocycles. The second kappa shape index (κ2) is 6.58. The Morgan fingerprint density at radius 2 is 1.79 bits per heavy atom. The molecule has 0 spiro atoms. The van der Waals surface area contributed by atoms with Crippen LogP contribution in [0.25, 0.3) is 0 Å². The van der Waals surface area contributed by atoms with Crippen molar-refractivity contribution in [2.45, 2.75) is 78.8 Å². The molecule has 0 aromatic rings. The van der Waals surface area contributed by atoms with E-state index in [0.717, 1.165) is 18.5 Å². The molecule has 1 N–H and O–H groups in total.